The number of benzene rings is 2. The average Bonchev–Trinajstić information content (AvgIpc) is 2.61. The minimum atomic E-state index is -3.69. The SMILES string of the molecule is CC(C)C(=O)Nc1ccc2c(c1)N(S(=O)(=O)c1ccc(Cl)cc1)CCC2. The number of hydrogen-bond acceptors (Lipinski definition) is 3. The van der Waals surface area contributed by atoms with Crippen LogP contribution in [0.3, 0.4) is 0 Å². The molecule has 1 aliphatic heterocycles. The molecule has 0 bridgehead atoms. The van der Waals surface area contributed by atoms with E-state index in [1.807, 2.05) is 26.0 Å². The standard InChI is InChI=1S/C19H21ClN2O3S/c1-13(2)19(23)21-16-8-5-14-4-3-11-22(18(14)12-16)26(24,25)17-9-6-15(20)7-10-17/h5-10,12-13H,3-4,11H2,1-2H3,(H,21,23). The first-order valence-corrected chi connectivity index (χ1v) is 10.3. The van der Waals surface area contributed by atoms with Crippen molar-refractivity contribution in [3.05, 3.63) is 53.1 Å². The number of nitrogens with one attached hydrogen (secondary N) is 1. The summed E-state index contributed by atoms with van der Waals surface area (Å²) in [4.78, 5) is 12.2. The van der Waals surface area contributed by atoms with E-state index in [0.717, 1.165) is 18.4 Å². The Morgan fingerprint density at radius 2 is 1.85 bits per heavy atom. The molecule has 0 atom stereocenters. The van der Waals surface area contributed by atoms with Gasteiger partial charge in [0.05, 0.1) is 10.6 Å². The second-order valence-corrected chi connectivity index (χ2v) is 8.92. The molecule has 3 rings (SSSR count). The third-order valence-corrected chi connectivity index (χ3v) is 6.43. The van der Waals surface area contributed by atoms with Crippen LogP contribution < -0.4 is 9.62 Å². The van der Waals surface area contributed by atoms with E-state index in [4.69, 9.17) is 11.6 Å². The second-order valence-electron chi connectivity index (χ2n) is 6.62. The largest absolute Gasteiger partial charge is 0.326 e. The van der Waals surface area contributed by atoms with Crippen LogP contribution in [-0.2, 0) is 21.2 Å². The monoisotopic (exact) mass is 392 g/mol. The third-order valence-electron chi connectivity index (χ3n) is 4.35. The highest BCUT2D eigenvalue weighted by Gasteiger charge is 2.29. The van der Waals surface area contributed by atoms with Gasteiger partial charge in [-0.1, -0.05) is 31.5 Å². The molecule has 5 nitrogen and oxygen atoms in total. The van der Waals surface area contributed by atoms with Gasteiger partial charge in [0.2, 0.25) is 5.91 Å². The van der Waals surface area contributed by atoms with Crippen LogP contribution in [0.15, 0.2) is 47.4 Å². The van der Waals surface area contributed by atoms with Gasteiger partial charge in [-0.15, -0.1) is 0 Å². The summed E-state index contributed by atoms with van der Waals surface area (Å²) in [5, 5.41) is 3.32. The molecule has 0 unspecified atom stereocenters. The number of amides is 1. The number of aryl methyl sites for hydroxylation is 1. The highest BCUT2D eigenvalue weighted by Crippen LogP contribution is 2.34. The van der Waals surface area contributed by atoms with Crippen LogP contribution in [0.25, 0.3) is 0 Å². The molecule has 2 aromatic rings. The molecule has 1 amide bonds. The Hall–Kier alpha value is -2.05. The number of sulfonamides is 1. The van der Waals surface area contributed by atoms with Crippen molar-refractivity contribution in [2.45, 2.75) is 31.6 Å². The maximum absolute atomic E-state index is 13.1. The zero-order valence-electron chi connectivity index (χ0n) is 14.7. The van der Waals surface area contributed by atoms with Gasteiger partial charge < -0.3 is 5.32 Å². The van der Waals surface area contributed by atoms with Crippen molar-refractivity contribution >= 4 is 38.9 Å². The molecule has 0 saturated heterocycles. The van der Waals surface area contributed by atoms with E-state index >= 15 is 0 Å². The van der Waals surface area contributed by atoms with Gasteiger partial charge in [-0.2, -0.15) is 0 Å². The number of carbonyl (C=O) groups is 1. The molecule has 0 fully saturated rings. The first-order chi connectivity index (χ1) is 12.3. The van der Waals surface area contributed by atoms with Crippen molar-refractivity contribution in [3.63, 3.8) is 0 Å². The summed E-state index contributed by atoms with van der Waals surface area (Å²) in [6, 6.07) is 11.6. The summed E-state index contributed by atoms with van der Waals surface area (Å²) in [6.45, 7) is 4.02. The number of hydrogen-bond donors (Lipinski definition) is 1. The van der Waals surface area contributed by atoms with E-state index in [1.54, 1.807) is 18.2 Å². The molecular weight excluding hydrogens is 372 g/mol. The van der Waals surface area contributed by atoms with Gasteiger partial charge in [0, 0.05) is 23.2 Å². The van der Waals surface area contributed by atoms with Crippen molar-refractivity contribution in [3.8, 4) is 0 Å². The number of anilines is 2. The first kappa shape index (κ1) is 18.7. The Kier molecular flexibility index (Phi) is 5.25. The quantitative estimate of drug-likeness (QED) is 0.852. The van der Waals surface area contributed by atoms with Crippen LogP contribution in [0.1, 0.15) is 25.8 Å². The molecule has 0 spiro atoms. The maximum Gasteiger partial charge on any atom is 0.264 e. The van der Waals surface area contributed by atoms with Crippen LogP contribution in [0.2, 0.25) is 5.02 Å². The second kappa shape index (κ2) is 7.29. The number of halogens is 1. The summed E-state index contributed by atoms with van der Waals surface area (Å²) in [7, 11) is -3.69. The zero-order valence-corrected chi connectivity index (χ0v) is 16.3. The zero-order chi connectivity index (χ0) is 18.9. The van der Waals surface area contributed by atoms with Crippen LogP contribution in [0, 0.1) is 5.92 Å². The highest BCUT2D eigenvalue weighted by molar-refractivity contribution is 7.92. The maximum atomic E-state index is 13.1. The lowest BCUT2D eigenvalue weighted by Gasteiger charge is -2.31. The highest BCUT2D eigenvalue weighted by atomic mass is 35.5. The van der Waals surface area contributed by atoms with Gasteiger partial charge in [-0.3, -0.25) is 9.10 Å². The van der Waals surface area contributed by atoms with Gasteiger partial charge in [0.1, 0.15) is 0 Å². The van der Waals surface area contributed by atoms with Gasteiger partial charge in [-0.25, -0.2) is 8.42 Å². The minimum absolute atomic E-state index is 0.104. The molecule has 7 heteroatoms. The van der Waals surface area contributed by atoms with Crippen molar-refractivity contribution < 1.29 is 13.2 Å². The van der Waals surface area contributed by atoms with E-state index in [2.05, 4.69) is 5.32 Å². The number of carbonyl (C=O) groups excluding carboxylic acids is 1. The van der Waals surface area contributed by atoms with Crippen LogP contribution in [-0.4, -0.2) is 20.9 Å². The Morgan fingerprint density at radius 3 is 2.50 bits per heavy atom. The van der Waals surface area contributed by atoms with Crippen molar-refractivity contribution in [2.24, 2.45) is 5.92 Å². The van der Waals surface area contributed by atoms with Gasteiger partial charge in [0.25, 0.3) is 10.0 Å². The van der Waals surface area contributed by atoms with E-state index in [1.165, 1.54) is 16.4 Å². The molecule has 1 N–H and O–H groups in total. The minimum Gasteiger partial charge on any atom is -0.326 e. The topological polar surface area (TPSA) is 66.5 Å². The van der Waals surface area contributed by atoms with Gasteiger partial charge in [0.15, 0.2) is 0 Å². The number of fused-ring (bicyclic) bond motifs is 1. The smallest absolute Gasteiger partial charge is 0.264 e. The predicted octanol–water partition coefficient (Wildman–Crippen LogP) is 4.08. The van der Waals surface area contributed by atoms with Crippen LogP contribution in [0.4, 0.5) is 11.4 Å². The summed E-state index contributed by atoms with van der Waals surface area (Å²) in [6.07, 6.45) is 1.55. The van der Waals surface area contributed by atoms with Crippen molar-refractivity contribution in [2.75, 3.05) is 16.2 Å². The number of rotatable bonds is 4. The summed E-state index contributed by atoms with van der Waals surface area (Å²) in [5.41, 5.74) is 2.17. The molecule has 138 valence electrons. The fraction of sp³-hybridized carbons (Fsp3) is 0.316. The molecule has 0 aromatic heterocycles. The van der Waals surface area contributed by atoms with Crippen LogP contribution >= 0.6 is 11.6 Å². The Morgan fingerprint density at radius 1 is 1.15 bits per heavy atom. The summed E-state index contributed by atoms with van der Waals surface area (Å²) < 4.78 is 27.6. The van der Waals surface area contributed by atoms with E-state index in [-0.39, 0.29) is 16.7 Å². The summed E-state index contributed by atoms with van der Waals surface area (Å²) in [5.74, 6) is -0.257. The average molecular weight is 393 g/mol. The van der Waals surface area contributed by atoms with Crippen molar-refractivity contribution in [1.29, 1.82) is 0 Å². The van der Waals surface area contributed by atoms with Gasteiger partial charge in [-0.05, 0) is 54.8 Å². The molecule has 0 saturated carbocycles. The molecule has 0 aliphatic carbocycles. The molecular formula is C19H21ClN2O3S. The lowest BCUT2D eigenvalue weighted by atomic mass is 10.0. The van der Waals surface area contributed by atoms with E-state index in [0.29, 0.717) is 22.9 Å². The molecule has 26 heavy (non-hydrogen) atoms. The van der Waals surface area contributed by atoms with Gasteiger partial charge >= 0.3 is 0 Å². The molecule has 1 heterocycles. The summed E-state index contributed by atoms with van der Waals surface area (Å²) >= 11 is 5.87. The Labute approximate surface area is 159 Å². The molecule has 2 aromatic carbocycles. The molecule has 1 aliphatic rings. The van der Waals surface area contributed by atoms with E-state index in [9.17, 15) is 13.2 Å². The van der Waals surface area contributed by atoms with Crippen LogP contribution in [0.5, 0.6) is 0 Å². The third kappa shape index (κ3) is 3.71. The first-order valence-electron chi connectivity index (χ1n) is 8.51. The van der Waals surface area contributed by atoms with E-state index < -0.39 is 10.0 Å². The lowest BCUT2D eigenvalue weighted by molar-refractivity contribution is -0.118. The fourth-order valence-electron chi connectivity index (χ4n) is 2.89. The Balaban J connectivity index is 1.99. The normalized spacial score (nSPS) is 14.2. The Bertz CT molecular complexity index is 924. The fourth-order valence-corrected chi connectivity index (χ4v) is 4.55. The van der Waals surface area contributed by atoms with Crippen molar-refractivity contribution in [1.82, 2.24) is 0 Å². The number of nitrogens with zero attached hydrogens (tertiary/aromatic N) is 1. The lowest BCUT2D eigenvalue weighted by Crippen LogP contribution is -2.35. The predicted molar refractivity (Wildman–Crippen MR) is 104 cm³/mol. The molecule has 0 radical (unpaired) electrons.